The lowest BCUT2D eigenvalue weighted by Crippen LogP contribution is -2.49. The van der Waals surface area contributed by atoms with Crippen LogP contribution in [0.5, 0.6) is 0 Å². The van der Waals surface area contributed by atoms with Gasteiger partial charge in [-0.2, -0.15) is 0 Å². The second-order valence-corrected chi connectivity index (χ2v) is 6.50. The van der Waals surface area contributed by atoms with Gasteiger partial charge < -0.3 is 9.32 Å². The Balaban J connectivity index is 1.34. The lowest BCUT2D eigenvalue weighted by Gasteiger charge is -2.34. The molecule has 0 aliphatic carbocycles. The highest BCUT2D eigenvalue weighted by Gasteiger charge is 2.25. The van der Waals surface area contributed by atoms with Crippen molar-refractivity contribution < 1.29 is 13.6 Å². The van der Waals surface area contributed by atoms with Crippen LogP contribution in [0.15, 0.2) is 52.9 Å². The van der Waals surface area contributed by atoms with Crippen LogP contribution in [-0.4, -0.2) is 53.4 Å². The molecule has 26 heavy (non-hydrogen) atoms. The molecule has 134 valence electrons. The molecule has 1 fully saturated rings. The Morgan fingerprint density at radius 2 is 1.85 bits per heavy atom. The van der Waals surface area contributed by atoms with E-state index < -0.39 is 5.82 Å². The Bertz CT molecular complexity index is 902. The first-order valence-corrected chi connectivity index (χ1v) is 8.81. The van der Waals surface area contributed by atoms with Crippen LogP contribution < -0.4 is 0 Å². The van der Waals surface area contributed by atoms with Crippen molar-refractivity contribution in [3.8, 4) is 0 Å². The largest absolute Gasteiger partial charge is 0.432 e. The number of rotatable bonds is 4. The zero-order chi connectivity index (χ0) is 17.9. The summed E-state index contributed by atoms with van der Waals surface area (Å²) in [6.45, 7) is 3.91. The van der Waals surface area contributed by atoms with Gasteiger partial charge in [-0.25, -0.2) is 9.37 Å². The minimum absolute atomic E-state index is 0.0309. The van der Waals surface area contributed by atoms with E-state index in [9.17, 15) is 9.18 Å². The summed E-state index contributed by atoms with van der Waals surface area (Å²) < 4.78 is 18.7. The standard InChI is InChI=1S/C20H20FN3O2/c21-16-6-7-18-17(14-16)22-19(26-18)20(25)24-12-10-23(11-13-24)9-8-15-4-2-1-3-5-15/h1-7,14H,8-13H2. The maximum atomic E-state index is 13.3. The van der Waals surface area contributed by atoms with Crippen LogP contribution in [0, 0.1) is 5.82 Å². The molecule has 1 aliphatic rings. The summed E-state index contributed by atoms with van der Waals surface area (Å²) in [5.41, 5.74) is 2.12. The molecule has 0 radical (unpaired) electrons. The van der Waals surface area contributed by atoms with Gasteiger partial charge in [0, 0.05) is 38.8 Å². The number of fused-ring (bicyclic) bond motifs is 1. The minimum Gasteiger partial charge on any atom is -0.432 e. The van der Waals surface area contributed by atoms with Crippen molar-refractivity contribution in [1.82, 2.24) is 14.8 Å². The van der Waals surface area contributed by atoms with E-state index in [0.29, 0.717) is 24.2 Å². The third-order valence-electron chi connectivity index (χ3n) is 4.75. The summed E-state index contributed by atoms with van der Waals surface area (Å²) in [6.07, 6.45) is 1.01. The molecule has 1 aliphatic heterocycles. The molecule has 0 bridgehead atoms. The summed E-state index contributed by atoms with van der Waals surface area (Å²) in [5.74, 6) is -0.593. The van der Waals surface area contributed by atoms with Crippen LogP contribution in [0.2, 0.25) is 0 Å². The van der Waals surface area contributed by atoms with Gasteiger partial charge in [0.1, 0.15) is 11.3 Å². The maximum Gasteiger partial charge on any atom is 0.309 e. The maximum absolute atomic E-state index is 13.3. The highest BCUT2D eigenvalue weighted by molar-refractivity contribution is 5.92. The zero-order valence-electron chi connectivity index (χ0n) is 14.4. The predicted octanol–water partition coefficient (Wildman–Crippen LogP) is 2.97. The first-order chi connectivity index (χ1) is 12.7. The molecule has 0 spiro atoms. The van der Waals surface area contributed by atoms with Crippen LogP contribution in [0.4, 0.5) is 4.39 Å². The number of benzene rings is 2. The molecule has 4 rings (SSSR count). The molecule has 0 N–H and O–H groups in total. The summed E-state index contributed by atoms with van der Waals surface area (Å²) in [6, 6.07) is 14.5. The number of hydrogen-bond donors (Lipinski definition) is 0. The van der Waals surface area contributed by atoms with E-state index in [4.69, 9.17) is 4.42 Å². The topological polar surface area (TPSA) is 49.6 Å². The van der Waals surface area contributed by atoms with Gasteiger partial charge >= 0.3 is 5.91 Å². The van der Waals surface area contributed by atoms with Gasteiger partial charge in [-0.1, -0.05) is 30.3 Å². The average Bonchev–Trinajstić information content (AvgIpc) is 3.10. The van der Waals surface area contributed by atoms with Crippen molar-refractivity contribution in [2.24, 2.45) is 0 Å². The highest BCUT2D eigenvalue weighted by atomic mass is 19.1. The number of piperazine rings is 1. The fourth-order valence-corrected chi connectivity index (χ4v) is 3.23. The molecule has 2 aromatic carbocycles. The second-order valence-electron chi connectivity index (χ2n) is 6.50. The molecule has 0 unspecified atom stereocenters. The number of nitrogens with zero attached hydrogens (tertiary/aromatic N) is 3. The zero-order valence-corrected chi connectivity index (χ0v) is 14.4. The quantitative estimate of drug-likeness (QED) is 0.724. The van der Waals surface area contributed by atoms with Gasteiger partial charge in [0.2, 0.25) is 0 Å². The van der Waals surface area contributed by atoms with Crippen LogP contribution >= 0.6 is 0 Å². The van der Waals surface area contributed by atoms with Gasteiger partial charge in [-0.15, -0.1) is 0 Å². The van der Waals surface area contributed by atoms with Gasteiger partial charge in [0.15, 0.2) is 5.58 Å². The normalized spacial score (nSPS) is 15.5. The number of amides is 1. The van der Waals surface area contributed by atoms with E-state index in [1.807, 2.05) is 6.07 Å². The van der Waals surface area contributed by atoms with Crippen LogP contribution in [0.3, 0.4) is 0 Å². The summed E-state index contributed by atoms with van der Waals surface area (Å²) >= 11 is 0. The molecule has 1 saturated heterocycles. The Labute approximate surface area is 151 Å². The molecular weight excluding hydrogens is 333 g/mol. The van der Waals surface area contributed by atoms with E-state index in [2.05, 4.69) is 34.1 Å². The highest BCUT2D eigenvalue weighted by Crippen LogP contribution is 2.18. The van der Waals surface area contributed by atoms with Gasteiger partial charge in [0.05, 0.1) is 0 Å². The SMILES string of the molecule is O=C(c1nc2cc(F)ccc2o1)N1CCN(CCc2ccccc2)CC1. The number of oxazole rings is 1. The number of carbonyl (C=O) groups excluding carboxylic acids is 1. The Hall–Kier alpha value is -2.73. The molecule has 1 aromatic heterocycles. The predicted molar refractivity (Wildman–Crippen MR) is 96.5 cm³/mol. The van der Waals surface area contributed by atoms with Crippen molar-refractivity contribution in [2.75, 3.05) is 32.7 Å². The molecule has 6 heteroatoms. The first-order valence-electron chi connectivity index (χ1n) is 8.81. The molecule has 2 heterocycles. The van der Waals surface area contributed by atoms with E-state index in [1.54, 1.807) is 4.90 Å². The van der Waals surface area contributed by atoms with E-state index in [1.165, 1.54) is 23.8 Å². The van der Waals surface area contributed by atoms with Crippen molar-refractivity contribution in [1.29, 1.82) is 0 Å². The minimum atomic E-state index is -0.392. The lowest BCUT2D eigenvalue weighted by molar-refractivity contribution is 0.0602. The summed E-state index contributed by atoms with van der Waals surface area (Å²) in [4.78, 5) is 20.8. The smallest absolute Gasteiger partial charge is 0.309 e. The monoisotopic (exact) mass is 353 g/mol. The lowest BCUT2D eigenvalue weighted by atomic mass is 10.1. The van der Waals surface area contributed by atoms with Crippen molar-refractivity contribution in [3.63, 3.8) is 0 Å². The van der Waals surface area contributed by atoms with E-state index in [-0.39, 0.29) is 11.8 Å². The molecule has 0 atom stereocenters. The molecular formula is C20H20FN3O2. The van der Waals surface area contributed by atoms with Crippen LogP contribution in [0.1, 0.15) is 16.2 Å². The third kappa shape index (κ3) is 3.60. The molecule has 3 aromatic rings. The number of aromatic nitrogens is 1. The van der Waals surface area contributed by atoms with Gasteiger partial charge in [-0.3, -0.25) is 9.69 Å². The summed E-state index contributed by atoms with van der Waals surface area (Å²) in [7, 11) is 0. The number of halogens is 1. The fraction of sp³-hybridized carbons (Fsp3) is 0.300. The van der Waals surface area contributed by atoms with Crippen LogP contribution in [-0.2, 0) is 6.42 Å². The molecule has 5 nitrogen and oxygen atoms in total. The van der Waals surface area contributed by atoms with Crippen molar-refractivity contribution in [2.45, 2.75) is 6.42 Å². The van der Waals surface area contributed by atoms with E-state index in [0.717, 1.165) is 26.1 Å². The molecule has 1 amide bonds. The number of hydrogen-bond acceptors (Lipinski definition) is 4. The Morgan fingerprint density at radius 1 is 1.08 bits per heavy atom. The number of carbonyl (C=O) groups is 1. The van der Waals surface area contributed by atoms with Crippen molar-refractivity contribution >= 4 is 17.0 Å². The Kier molecular flexibility index (Phi) is 4.67. The van der Waals surface area contributed by atoms with Gasteiger partial charge in [0.25, 0.3) is 5.89 Å². The third-order valence-corrected chi connectivity index (χ3v) is 4.75. The first kappa shape index (κ1) is 16.7. The summed E-state index contributed by atoms with van der Waals surface area (Å²) in [5, 5.41) is 0. The van der Waals surface area contributed by atoms with Crippen LogP contribution in [0.25, 0.3) is 11.1 Å². The second kappa shape index (κ2) is 7.25. The Morgan fingerprint density at radius 3 is 2.62 bits per heavy atom. The van der Waals surface area contributed by atoms with Crippen molar-refractivity contribution in [3.05, 3.63) is 65.8 Å². The van der Waals surface area contributed by atoms with Gasteiger partial charge in [-0.05, 0) is 24.1 Å². The average molecular weight is 353 g/mol. The molecule has 0 saturated carbocycles. The van der Waals surface area contributed by atoms with E-state index >= 15 is 0 Å². The fourth-order valence-electron chi connectivity index (χ4n) is 3.23.